The molecule has 0 fully saturated rings. The molecule has 0 aliphatic rings. The summed E-state index contributed by atoms with van der Waals surface area (Å²) < 4.78 is 0. The summed E-state index contributed by atoms with van der Waals surface area (Å²) in [6.45, 7) is 1.93. The summed E-state index contributed by atoms with van der Waals surface area (Å²) in [7, 11) is 0. The van der Waals surface area contributed by atoms with E-state index in [1.807, 2.05) is 25.1 Å². The Hall–Kier alpha value is -1.81. The summed E-state index contributed by atoms with van der Waals surface area (Å²) in [5, 5.41) is 15.7. The highest BCUT2D eigenvalue weighted by Gasteiger charge is 2.11. The number of nitrogens with one attached hydrogen (secondary N) is 1. The van der Waals surface area contributed by atoms with Gasteiger partial charge < -0.3 is 5.11 Å². The quantitative estimate of drug-likeness (QED) is 0.843. The maximum absolute atomic E-state index is 10.7. The Morgan fingerprint density at radius 2 is 2.19 bits per heavy atom. The van der Waals surface area contributed by atoms with Gasteiger partial charge >= 0.3 is 5.97 Å². The first kappa shape index (κ1) is 10.7. The lowest BCUT2D eigenvalue weighted by Gasteiger charge is -2.00. The van der Waals surface area contributed by atoms with Crippen LogP contribution in [0, 0.1) is 6.92 Å². The number of aromatic carboxylic acids is 1. The molecule has 2 N–H and O–H groups in total. The lowest BCUT2D eigenvalue weighted by molar-refractivity contribution is 0.0690. The number of halogens is 1. The topological polar surface area (TPSA) is 66.0 Å². The average molecular weight is 237 g/mol. The molecule has 0 amide bonds. The fraction of sp³-hybridized carbons (Fsp3) is 0.0909. The molecule has 1 aromatic heterocycles. The van der Waals surface area contributed by atoms with Crippen LogP contribution < -0.4 is 0 Å². The molecule has 0 aliphatic carbocycles. The summed E-state index contributed by atoms with van der Waals surface area (Å²) in [6, 6.07) is 6.99. The zero-order valence-electron chi connectivity index (χ0n) is 8.49. The highest BCUT2D eigenvalue weighted by Crippen LogP contribution is 2.27. The third kappa shape index (κ3) is 1.92. The predicted molar refractivity (Wildman–Crippen MR) is 60.7 cm³/mol. The molecule has 4 nitrogen and oxygen atoms in total. The van der Waals surface area contributed by atoms with Crippen LogP contribution in [0.1, 0.15) is 16.1 Å². The van der Waals surface area contributed by atoms with Crippen LogP contribution in [0.25, 0.3) is 11.3 Å². The molecule has 16 heavy (non-hydrogen) atoms. The molecule has 0 radical (unpaired) electrons. The molecule has 0 aliphatic heterocycles. The molecule has 1 heterocycles. The van der Waals surface area contributed by atoms with Gasteiger partial charge in [0.2, 0.25) is 0 Å². The maximum Gasteiger partial charge on any atom is 0.353 e. The summed E-state index contributed by atoms with van der Waals surface area (Å²) in [4.78, 5) is 10.7. The first-order valence-electron chi connectivity index (χ1n) is 4.63. The number of hydrogen-bond acceptors (Lipinski definition) is 2. The van der Waals surface area contributed by atoms with Crippen molar-refractivity contribution in [1.82, 2.24) is 10.2 Å². The number of aromatic amines is 1. The second-order valence-electron chi connectivity index (χ2n) is 3.46. The molecule has 0 atom stereocenters. The van der Waals surface area contributed by atoms with E-state index in [9.17, 15) is 4.79 Å². The molecule has 5 heteroatoms. The van der Waals surface area contributed by atoms with Gasteiger partial charge in [-0.25, -0.2) is 4.79 Å². The lowest BCUT2D eigenvalue weighted by Crippen LogP contribution is -1.95. The summed E-state index contributed by atoms with van der Waals surface area (Å²) in [5.74, 6) is -1.04. The predicted octanol–water partition coefficient (Wildman–Crippen LogP) is 2.74. The van der Waals surface area contributed by atoms with E-state index >= 15 is 0 Å². The molecule has 2 aromatic rings. The zero-order valence-corrected chi connectivity index (χ0v) is 9.25. The first-order chi connectivity index (χ1) is 7.58. The van der Waals surface area contributed by atoms with Crippen LogP contribution in [0.3, 0.4) is 0 Å². The van der Waals surface area contributed by atoms with Gasteiger partial charge in [0.05, 0.1) is 10.7 Å². The maximum atomic E-state index is 10.7. The second kappa shape index (κ2) is 3.98. The normalized spacial score (nSPS) is 10.4. The number of aromatic nitrogens is 2. The number of carboxylic acids is 1. The van der Waals surface area contributed by atoms with Crippen molar-refractivity contribution in [2.24, 2.45) is 0 Å². The molecule has 0 bridgehead atoms. The average Bonchev–Trinajstić information content (AvgIpc) is 2.66. The van der Waals surface area contributed by atoms with Crippen molar-refractivity contribution in [1.29, 1.82) is 0 Å². The largest absolute Gasteiger partial charge is 0.477 e. The van der Waals surface area contributed by atoms with E-state index in [0.717, 1.165) is 11.1 Å². The summed E-state index contributed by atoms with van der Waals surface area (Å²) in [6.07, 6.45) is 0. The van der Waals surface area contributed by atoms with E-state index in [-0.39, 0.29) is 5.69 Å². The van der Waals surface area contributed by atoms with Crippen LogP contribution in [0.2, 0.25) is 5.02 Å². The van der Waals surface area contributed by atoms with Crippen LogP contribution in [-0.2, 0) is 0 Å². The number of hydrogen-bond donors (Lipinski definition) is 2. The second-order valence-corrected chi connectivity index (χ2v) is 3.86. The van der Waals surface area contributed by atoms with Crippen molar-refractivity contribution in [2.75, 3.05) is 0 Å². The monoisotopic (exact) mass is 236 g/mol. The fourth-order valence-corrected chi connectivity index (χ4v) is 1.73. The van der Waals surface area contributed by atoms with Gasteiger partial charge in [-0.2, -0.15) is 5.10 Å². The Morgan fingerprint density at radius 3 is 2.75 bits per heavy atom. The van der Waals surface area contributed by atoms with Gasteiger partial charge in [0.1, 0.15) is 5.69 Å². The van der Waals surface area contributed by atoms with Gasteiger partial charge in [-0.1, -0.05) is 23.7 Å². The number of rotatable bonds is 2. The smallest absolute Gasteiger partial charge is 0.353 e. The molecule has 0 saturated heterocycles. The number of H-pyrrole nitrogens is 1. The van der Waals surface area contributed by atoms with Gasteiger partial charge in [-0.05, 0) is 24.6 Å². The van der Waals surface area contributed by atoms with Crippen LogP contribution in [0.4, 0.5) is 0 Å². The van der Waals surface area contributed by atoms with Gasteiger partial charge in [0.15, 0.2) is 0 Å². The van der Waals surface area contributed by atoms with Crippen molar-refractivity contribution in [3.8, 4) is 11.3 Å². The van der Waals surface area contributed by atoms with E-state index in [0.29, 0.717) is 10.7 Å². The Kier molecular flexibility index (Phi) is 2.66. The number of aryl methyl sites for hydroxylation is 1. The van der Waals surface area contributed by atoms with Crippen molar-refractivity contribution in [3.63, 3.8) is 0 Å². The Bertz CT molecular complexity index is 549. The SMILES string of the molecule is Cc1ccc(-c2cc(C(=O)O)[nH]n2)c(Cl)c1. The van der Waals surface area contributed by atoms with E-state index in [2.05, 4.69) is 10.2 Å². The standard InChI is InChI=1S/C11H9ClN2O2/c1-6-2-3-7(8(12)4-6)9-5-10(11(15)16)14-13-9/h2-5H,1H3,(H,13,14)(H,15,16). The summed E-state index contributed by atoms with van der Waals surface area (Å²) >= 11 is 6.05. The fourth-order valence-electron chi connectivity index (χ4n) is 1.40. The van der Waals surface area contributed by atoms with E-state index in [4.69, 9.17) is 16.7 Å². The number of carboxylic acid groups (broad SMARTS) is 1. The highest BCUT2D eigenvalue weighted by molar-refractivity contribution is 6.33. The summed E-state index contributed by atoms with van der Waals surface area (Å²) in [5.41, 5.74) is 2.34. The lowest BCUT2D eigenvalue weighted by atomic mass is 10.1. The minimum Gasteiger partial charge on any atom is -0.477 e. The van der Waals surface area contributed by atoms with E-state index < -0.39 is 5.97 Å². The molecule has 82 valence electrons. The molecule has 0 spiro atoms. The van der Waals surface area contributed by atoms with Gasteiger partial charge in [0, 0.05) is 5.56 Å². The van der Waals surface area contributed by atoms with Crippen LogP contribution in [0.15, 0.2) is 24.3 Å². The third-order valence-corrected chi connectivity index (χ3v) is 2.52. The van der Waals surface area contributed by atoms with Gasteiger partial charge in [-0.15, -0.1) is 0 Å². The van der Waals surface area contributed by atoms with Crippen molar-refractivity contribution < 1.29 is 9.90 Å². The third-order valence-electron chi connectivity index (χ3n) is 2.21. The van der Waals surface area contributed by atoms with Gasteiger partial charge in [-0.3, -0.25) is 5.10 Å². The van der Waals surface area contributed by atoms with E-state index in [1.165, 1.54) is 6.07 Å². The van der Waals surface area contributed by atoms with Crippen LogP contribution in [0.5, 0.6) is 0 Å². The van der Waals surface area contributed by atoms with E-state index in [1.54, 1.807) is 0 Å². The first-order valence-corrected chi connectivity index (χ1v) is 5.01. The highest BCUT2D eigenvalue weighted by atomic mass is 35.5. The molecule has 2 rings (SSSR count). The van der Waals surface area contributed by atoms with Crippen LogP contribution >= 0.6 is 11.6 Å². The number of benzene rings is 1. The Balaban J connectivity index is 2.46. The van der Waals surface area contributed by atoms with Crippen molar-refractivity contribution >= 4 is 17.6 Å². The molecular formula is C11H9ClN2O2. The zero-order chi connectivity index (χ0) is 11.7. The Morgan fingerprint density at radius 1 is 1.44 bits per heavy atom. The van der Waals surface area contributed by atoms with Crippen LogP contribution in [-0.4, -0.2) is 21.3 Å². The molecule has 0 unspecified atom stereocenters. The van der Waals surface area contributed by atoms with Crippen molar-refractivity contribution in [3.05, 3.63) is 40.5 Å². The van der Waals surface area contributed by atoms with Gasteiger partial charge in [0.25, 0.3) is 0 Å². The molecule has 0 saturated carbocycles. The Labute approximate surface area is 96.9 Å². The number of nitrogens with zero attached hydrogens (tertiary/aromatic N) is 1. The molecular weight excluding hydrogens is 228 g/mol. The van der Waals surface area contributed by atoms with Crippen molar-refractivity contribution in [2.45, 2.75) is 6.92 Å². The minimum atomic E-state index is -1.04. The molecule has 1 aromatic carbocycles. The minimum absolute atomic E-state index is 0.0478. The number of carbonyl (C=O) groups is 1.